The molecule has 4 rings (SSSR count). The third-order valence-corrected chi connectivity index (χ3v) is 6.97. The number of aromatic nitrogens is 3. The van der Waals surface area contributed by atoms with Crippen molar-refractivity contribution in [3.63, 3.8) is 0 Å². The van der Waals surface area contributed by atoms with E-state index in [1.54, 1.807) is 18.9 Å². The predicted molar refractivity (Wildman–Crippen MR) is 125 cm³/mol. The van der Waals surface area contributed by atoms with Gasteiger partial charge in [0.05, 0.1) is 19.8 Å². The number of benzene rings is 1. The first-order chi connectivity index (χ1) is 15.8. The van der Waals surface area contributed by atoms with Crippen LogP contribution in [-0.4, -0.2) is 41.1 Å². The van der Waals surface area contributed by atoms with E-state index in [-0.39, 0.29) is 12.1 Å². The van der Waals surface area contributed by atoms with Crippen LogP contribution in [0.1, 0.15) is 58.6 Å². The van der Waals surface area contributed by atoms with E-state index >= 15 is 0 Å². The molecule has 8 nitrogen and oxygen atoms in total. The van der Waals surface area contributed by atoms with Gasteiger partial charge in [0, 0.05) is 11.3 Å². The summed E-state index contributed by atoms with van der Waals surface area (Å²) in [6, 6.07) is 4.99. The van der Waals surface area contributed by atoms with Crippen molar-refractivity contribution in [3.05, 3.63) is 41.4 Å². The van der Waals surface area contributed by atoms with E-state index in [0.717, 1.165) is 18.4 Å². The lowest BCUT2D eigenvalue weighted by Gasteiger charge is -2.37. The minimum Gasteiger partial charge on any atom is -0.497 e. The first-order valence-electron chi connectivity index (χ1n) is 11.6. The fourth-order valence-electron chi connectivity index (χ4n) is 5.15. The van der Waals surface area contributed by atoms with E-state index in [4.69, 9.17) is 14.2 Å². The Hall–Kier alpha value is -3.03. The normalized spacial score (nSPS) is 24.8. The lowest BCUT2D eigenvalue weighted by atomic mass is 9.75. The van der Waals surface area contributed by atoms with Crippen LogP contribution in [0.3, 0.4) is 0 Å². The van der Waals surface area contributed by atoms with Crippen LogP contribution in [0.5, 0.6) is 11.5 Å². The van der Waals surface area contributed by atoms with Gasteiger partial charge in [-0.1, -0.05) is 27.2 Å². The predicted octanol–water partition coefficient (Wildman–Crippen LogP) is 4.59. The highest BCUT2D eigenvalue weighted by Gasteiger charge is 2.39. The van der Waals surface area contributed by atoms with Gasteiger partial charge in [-0.3, -0.25) is 0 Å². The van der Waals surface area contributed by atoms with Crippen LogP contribution < -0.4 is 14.8 Å². The van der Waals surface area contributed by atoms with Gasteiger partial charge in [-0.05, 0) is 55.7 Å². The Balaban J connectivity index is 1.75. The maximum Gasteiger partial charge on any atom is 0.338 e. The molecule has 0 spiro atoms. The van der Waals surface area contributed by atoms with Crippen molar-refractivity contribution < 1.29 is 19.0 Å². The molecule has 33 heavy (non-hydrogen) atoms. The van der Waals surface area contributed by atoms with Gasteiger partial charge in [-0.2, -0.15) is 10.1 Å². The summed E-state index contributed by atoms with van der Waals surface area (Å²) < 4.78 is 19.1. The molecule has 0 unspecified atom stereocenters. The summed E-state index contributed by atoms with van der Waals surface area (Å²) in [7, 11) is 3.22. The van der Waals surface area contributed by atoms with Crippen LogP contribution in [0.2, 0.25) is 0 Å². The van der Waals surface area contributed by atoms with Crippen molar-refractivity contribution in [1.29, 1.82) is 0 Å². The second-order valence-electron chi connectivity index (χ2n) is 9.47. The summed E-state index contributed by atoms with van der Waals surface area (Å²) >= 11 is 0. The van der Waals surface area contributed by atoms with E-state index < -0.39 is 6.04 Å². The molecular formula is C25H34N4O4. The molecule has 1 aliphatic carbocycles. The van der Waals surface area contributed by atoms with E-state index in [2.05, 4.69) is 36.2 Å². The molecule has 4 atom stereocenters. The third kappa shape index (κ3) is 4.43. The summed E-state index contributed by atoms with van der Waals surface area (Å²) in [5.41, 5.74) is 1.95. The topological polar surface area (TPSA) is 87.5 Å². The Morgan fingerprint density at radius 1 is 1.21 bits per heavy atom. The van der Waals surface area contributed by atoms with Crippen LogP contribution in [0.4, 0.5) is 5.95 Å². The van der Waals surface area contributed by atoms with Crippen molar-refractivity contribution in [3.8, 4) is 11.5 Å². The van der Waals surface area contributed by atoms with Gasteiger partial charge in [-0.25, -0.2) is 9.48 Å². The molecular weight excluding hydrogens is 420 g/mol. The fraction of sp³-hybridized carbons (Fsp3) is 0.560. The summed E-state index contributed by atoms with van der Waals surface area (Å²) in [5, 5.41) is 7.63. The van der Waals surface area contributed by atoms with Gasteiger partial charge < -0.3 is 19.5 Å². The van der Waals surface area contributed by atoms with Crippen molar-refractivity contribution in [2.45, 2.75) is 59.1 Å². The second-order valence-corrected chi connectivity index (χ2v) is 9.47. The minimum atomic E-state index is -0.556. The van der Waals surface area contributed by atoms with E-state index in [0.29, 0.717) is 46.5 Å². The maximum absolute atomic E-state index is 13.8. The first-order valence-corrected chi connectivity index (χ1v) is 11.6. The SMILES string of the molecule is COc1ccc(OC)c([C@@H]2C(C(=O)O[C@@H]3C[C@H](C)CC[C@@H]3C(C)C)=C(C)Nc3ncnn32)c1. The number of fused-ring (bicyclic) bond motifs is 1. The summed E-state index contributed by atoms with van der Waals surface area (Å²) in [6.07, 6.45) is 4.50. The lowest BCUT2D eigenvalue weighted by Crippen LogP contribution is -2.38. The molecule has 0 radical (unpaired) electrons. The van der Waals surface area contributed by atoms with Gasteiger partial charge in [0.15, 0.2) is 0 Å². The average molecular weight is 455 g/mol. The maximum atomic E-state index is 13.8. The zero-order valence-electron chi connectivity index (χ0n) is 20.3. The highest BCUT2D eigenvalue weighted by Crippen LogP contribution is 2.42. The van der Waals surface area contributed by atoms with Gasteiger partial charge in [0.2, 0.25) is 5.95 Å². The van der Waals surface area contributed by atoms with Crippen LogP contribution >= 0.6 is 0 Å². The number of rotatable bonds is 6. The average Bonchev–Trinajstić information content (AvgIpc) is 3.25. The third-order valence-electron chi connectivity index (χ3n) is 6.97. The number of nitrogens with one attached hydrogen (secondary N) is 1. The molecule has 2 heterocycles. The largest absolute Gasteiger partial charge is 0.497 e. The zero-order valence-corrected chi connectivity index (χ0v) is 20.3. The Morgan fingerprint density at radius 2 is 2.00 bits per heavy atom. The molecule has 0 amide bonds. The quantitative estimate of drug-likeness (QED) is 0.639. The molecule has 1 aromatic heterocycles. The molecule has 2 aromatic rings. The molecule has 8 heteroatoms. The summed E-state index contributed by atoms with van der Waals surface area (Å²) in [4.78, 5) is 18.1. The molecule has 1 N–H and O–H groups in total. The smallest absolute Gasteiger partial charge is 0.338 e. The Kier molecular flexibility index (Phi) is 6.63. The van der Waals surface area contributed by atoms with Crippen LogP contribution in [0, 0.1) is 17.8 Å². The van der Waals surface area contributed by atoms with Crippen molar-refractivity contribution in [1.82, 2.24) is 14.8 Å². The molecule has 0 bridgehead atoms. The number of ether oxygens (including phenoxy) is 3. The monoisotopic (exact) mass is 454 g/mol. The standard InChI is InChI=1S/C25H34N4O4/c1-14(2)18-9-7-15(3)11-21(18)33-24(30)22-16(4)28-25-26-13-27-29(25)23(22)19-12-17(31-5)8-10-20(19)32-6/h8,10,12-15,18,21,23H,7,9,11H2,1-6H3,(H,26,27,28)/t15-,18-,21-,23-/m1/s1. The highest BCUT2D eigenvalue weighted by molar-refractivity contribution is 5.92. The molecule has 1 fully saturated rings. The number of carbonyl (C=O) groups is 1. The molecule has 1 aliphatic heterocycles. The second kappa shape index (κ2) is 9.45. The van der Waals surface area contributed by atoms with Gasteiger partial charge >= 0.3 is 5.97 Å². The van der Waals surface area contributed by atoms with Gasteiger partial charge in [-0.15, -0.1) is 0 Å². The van der Waals surface area contributed by atoms with Crippen molar-refractivity contribution >= 4 is 11.9 Å². The molecule has 1 saturated carbocycles. The number of hydrogen-bond donors (Lipinski definition) is 1. The molecule has 0 saturated heterocycles. The van der Waals surface area contributed by atoms with Crippen LogP contribution in [-0.2, 0) is 9.53 Å². The number of methoxy groups -OCH3 is 2. The minimum absolute atomic E-state index is 0.105. The highest BCUT2D eigenvalue weighted by atomic mass is 16.5. The number of esters is 1. The van der Waals surface area contributed by atoms with Crippen LogP contribution in [0.25, 0.3) is 0 Å². The summed E-state index contributed by atoms with van der Waals surface area (Å²) in [5.74, 6) is 2.87. The molecule has 178 valence electrons. The van der Waals surface area contributed by atoms with E-state index in [1.807, 2.05) is 25.1 Å². The van der Waals surface area contributed by atoms with Crippen LogP contribution in [0.15, 0.2) is 35.8 Å². The fourth-order valence-corrected chi connectivity index (χ4v) is 5.15. The Morgan fingerprint density at radius 3 is 2.70 bits per heavy atom. The number of anilines is 1. The van der Waals surface area contributed by atoms with E-state index in [9.17, 15) is 4.79 Å². The Labute approximate surface area is 195 Å². The van der Waals surface area contributed by atoms with Crippen molar-refractivity contribution in [2.24, 2.45) is 17.8 Å². The van der Waals surface area contributed by atoms with Gasteiger partial charge in [0.1, 0.15) is 30.0 Å². The number of hydrogen-bond acceptors (Lipinski definition) is 7. The van der Waals surface area contributed by atoms with Crippen molar-refractivity contribution in [2.75, 3.05) is 19.5 Å². The number of allylic oxidation sites excluding steroid dienone is 1. The molecule has 2 aliphatic rings. The Bertz CT molecular complexity index is 1040. The first kappa shape index (κ1) is 23.1. The molecule has 1 aromatic carbocycles. The lowest BCUT2D eigenvalue weighted by molar-refractivity contribution is -0.151. The number of nitrogens with zero attached hydrogens (tertiary/aromatic N) is 3. The number of carbonyl (C=O) groups excluding carboxylic acids is 1. The zero-order chi connectivity index (χ0) is 23.7. The van der Waals surface area contributed by atoms with Gasteiger partial charge in [0.25, 0.3) is 0 Å². The van der Waals surface area contributed by atoms with E-state index in [1.165, 1.54) is 12.7 Å². The summed E-state index contributed by atoms with van der Waals surface area (Å²) in [6.45, 7) is 8.52.